The Hall–Kier alpha value is -1.12. The molecule has 0 rings (SSSR count). The lowest BCUT2D eigenvalue weighted by atomic mass is 9.97. The van der Waals surface area contributed by atoms with Gasteiger partial charge in [0.1, 0.15) is 0 Å². The molecule has 0 spiro atoms. The highest BCUT2D eigenvalue weighted by Crippen LogP contribution is 2.15. The molecule has 0 amide bonds. The van der Waals surface area contributed by atoms with Crippen LogP contribution in [0, 0.1) is 5.41 Å². The minimum atomic E-state index is -0.635. The zero-order valence-electron chi connectivity index (χ0n) is 8.80. The molecule has 3 nitrogen and oxygen atoms in total. The summed E-state index contributed by atoms with van der Waals surface area (Å²) in [5, 5.41) is 0. The zero-order valence-corrected chi connectivity index (χ0v) is 8.80. The lowest BCUT2D eigenvalue weighted by Gasteiger charge is -2.15. The van der Waals surface area contributed by atoms with E-state index in [1.54, 1.807) is 40.7 Å². The average Bonchev–Trinajstić information content (AvgIpc) is 2.01. The molecule has 0 aliphatic carbocycles. The average molecular weight is 184 g/mol. The maximum absolute atomic E-state index is 11.2. The SMILES string of the molecule is CC=C(C)C(=O)OC(=O)C(C)(C)C. The summed E-state index contributed by atoms with van der Waals surface area (Å²) in [5.74, 6) is -1.07. The minimum Gasteiger partial charge on any atom is -0.389 e. The summed E-state index contributed by atoms with van der Waals surface area (Å²) in [5.41, 5.74) is -0.193. The standard InChI is InChI=1S/C10H16O3/c1-6-7(2)8(11)13-9(12)10(3,4)5/h6H,1-5H3. The number of hydrogen-bond acceptors (Lipinski definition) is 3. The van der Waals surface area contributed by atoms with Gasteiger partial charge in [0, 0.05) is 5.57 Å². The van der Waals surface area contributed by atoms with Crippen molar-refractivity contribution < 1.29 is 14.3 Å². The van der Waals surface area contributed by atoms with Crippen LogP contribution >= 0.6 is 0 Å². The van der Waals surface area contributed by atoms with Crippen LogP contribution in [-0.4, -0.2) is 11.9 Å². The summed E-state index contributed by atoms with van der Waals surface area (Å²) in [6.07, 6.45) is 1.61. The monoisotopic (exact) mass is 184 g/mol. The van der Waals surface area contributed by atoms with E-state index >= 15 is 0 Å². The lowest BCUT2D eigenvalue weighted by Crippen LogP contribution is -2.26. The molecular formula is C10H16O3. The van der Waals surface area contributed by atoms with Gasteiger partial charge in [-0.3, -0.25) is 4.79 Å². The highest BCUT2D eigenvalue weighted by Gasteiger charge is 2.25. The first-order valence-corrected chi connectivity index (χ1v) is 4.18. The van der Waals surface area contributed by atoms with E-state index in [4.69, 9.17) is 0 Å². The number of hydrogen-bond donors (Lipinski definition) is 0. The van der Waals surface area contributed by atoms with E-state index in [1.807, 2.05) is 0 Å². The number of carbonyl (C=O) groups is 2. The summed E-state index contributed by atoms with van der Waals surface area (Å²) in [6, 6.07) is 0. The highest BCUT2D eigenvalue weighted by atomic mass is 16.6. The van der Waals surface area contributed by atoms with E-state index in [0.29, 0.717) is 5.57 Å². The molecule has 0 bridgehead atoms. The van der Waals surface area contributed by atoms with Gasteiger partial charge in [-0.2, -0.15) is 0 Å². The van der Waals surface area contributed by atoms with E-state index < -0.39 is 17.4 Å². The lowest BCUT2D eigenvalue weighted by molar-refractivity contribution is -0.163. The third kappa shape index (κ3) is 3.87. The van der Waals surface area contributed by atoms with Gasteiger partial charge in [0.05, 0.1) is 5.41 Å². The largest absolute Gasteiger partial charge is 0.389 e. The van der Waals surface area contributed by atoms with Crippen molar-refractivity contribution in [2.75, 3.05) is 0 Å². The van der Waals surface area contributed by atoms with Gasteiger partial charge in [0.15, 0.2) is 0 Å². The molecule has 0 aliphatic heterocycles. The molecule has 0 aromatic rings. The Morgan fingerprint density at radius 1 is 1.23 bits per heavy atom. The predicted octanol–water partition coefficient (Wildman–Crippen LogP) is 2.07. The van der Waals surface area contributed by atoms with Gasteiger partial charge in [-0.15, -0.1) is 0 Å². The number of esters is 2. The van der Waals surface area contributed by atoms with Crippen molar-refractivity contribution in [2.45, 2.75) is 34.6 Å². The van der Waals surface area contributed by atoms with Crippen LogP contribution in [-0.2, 0) is 14.3 Å². The van der Waals surface area contributed by atoms with Crippen LogP contribution in [0.4, 0.5) is 0 Å². The van der Waals surface area contributed by atoms with Gasteiger partial charge >= 0.3 is 11.9 Å². The second kappa shape index (κ2) is 4.21. The molecule has 0 fully saturated rings. The van der Waals surface area contributed by atoms with Gasteiger partial charge in [-0.1, -0.05) is 6.08 Å². The molecule has 0 aromatic heterocycles. The number of carbonyl (C=O) groups excluding carboxylic acids is 2. The minimum absolute atomic E-state index is 0.442. The summed E-state index contributed by atoms with van der Waals surface area (Å²) < 4.78 is 4.62. The van der Waals surface area contributed by atoms with Crippen LogP contribution in [0.5, 0.6) is 0 Å². The van der Waals surface area contributed by atoms with E-state index in [-0.39, 0.29) is 0 Å². The zero-order chi connectivity index (χ0) is 10.6. The Morgan fingerprint density at radius 2 is 1.69 bits per heavy atom. The summed E-state index contributed by atoms with van der Waals surface area (Å²) in [4.78, 5) is 22.3. The quantitative estimate of drug-likeness (QED) is 0.356. The Labute approximate surface area is 78.8 Å². The van der Waals surface area contributed by atoms with E-state index in [9.17, 15) is 9.59 Å². The molecule has 0 heterocycles. The van der Waals surface area contributed by atoms with Crippen molar-refractivity contribution in [3.05, 3.63) is 11.6 Å². The maximum Gasteiger partial charge on any atom is 0.341 e. The van der Waals surface area contributed by atoms with Crippen molar-refractivity contribution >= 4 is 11.9 Å². The molecule has 0 atom stereocenters. The Morgan fingerprint density at radius 3 is 2.00 bits per heavy atom. The third-order valence-electron chi connectivity index (χ3n) is 1.55. The summed E-state index contributed by atoms with van der Waals surface area (Å²) in [6.45, 7) is 8.44. The Balaban J connectivity index is 4.33. The fraction of sp³-hybridized carbons (Fsp3) is 0.600. The first-order chi connectivity index (χ1) is 5.79. The van der Waals surface area contributed by atoms with Gasteiger partial charge in [0.2, 0.25) is 0 Å². The van der Waals surface area contributed by atoms with Crippen LogP contribution in [0.25, 0.3) is 0 Å². The van der Waals surface area contributed by atoms with Crippen molar-refractivity contribution in [3.63, 3.8) is 0 Å². The maximum atomic E-state index is 11.2. The molecule has 0 unspecified atom stereocenters. The molecule has 0 N–H and O–H groups in total. The molecule has 0 aromatic carbocycles. The summed E-state index contributed by atoms with van der Waals surface area (Å²) in [7, 11) is 0. The van der Waals surface area contributed by atoms with Crippen molar-refractivity contribution in [1.82, 2.24) is 0 Å². The molecule has 74 valence electrons. The van der Waals surface area contributed by atoms with Crippen molar-refractivity contribution in [3.8, 4) is 0 Å². The third-order valence-corrected chi connectivity index (χ3v) is 1.55. The Bertz CT molecular complexity index is 243. The number of ether oxygens (including phenoxy) is 1. The smallest absolute Gasteiger partial charge is 0.341 e. The molecule has 0 saturated heterocycles. The second-order valence-electron chi connectivity index (χ2n) is 3.90. The molecule has 3 heteroatoms. The fourth-order valence-electron chi connectivity index (χ4n) is 0.436. The molecule has 13 heavy (non-hydrogen) atoms. The van der Waals surface area contributed by atoms with Crippen LogP contribution in [0.1, 0.15) is 34.6 Å². The van der Waals surface area contributed by atoms with Crippen LogP contribution < -0.4 is 0 Å². The normalized spacial score (nSPS) is 12.5. The van der Waals surface area contributed by atoms with Gasteiger partial charge in [-0.25, -0.2) is 4.79 Å². The van der Waals surface area contributed by atoms with Crippen LogP contribution in [0.3, 0.4) is 0 Å². The molecule has 0 saturated carbocycles. The van der Waals surface area contributed by atoms with Crippen molar-refractivity contribution in [1.29, 1.82) is 0 Å². The number of rotatable bonds is 1. The van der Waals surface area contributed by atoms with Gasteiger partial charge in [-0.05, 0) is 34.6 Å². The summed E-state index contributed by atoms with van der Waals surface area (Å²) >= 11 is 0. The first kappa shape index (κ1) is 11.9. The van der Waals surface area contributed by atoms with Crippen molar-refractivity contribution in [2.24, 2.45) is 5.41 Å². The predicted molar refractivity (Wildman–Crippen MR) is 50.0 cm³/mol. The molecular weight excluding hydrogens is 168 g/mol. The topological polar surface area (TPSA) is 43.4 Å². The highest BCUT2D eigenvalue weighted by molar-refractivity contribution is 5.96. The van der Waals surface area contributed by atoms with E-state index in [2.05, 4.69) is 4.74 Å². The molecule has 0 aliphatic rings. The van der Waals surface area contributed by atoms with Crippen LogP contribution in [0.15, 0.2) is 11.6 Å². The number of allylic oxidation sites excluding steroid dienone is 1. The van der Waals surface area contributed by atoms with Gasteiger partial charge < -0.3 is 4.74 Å². The van der Waals surface area contributed by atoms with E-state index in [0.717, 1.165) is 0 Å². The van der Waals surface area contributed by atoms with Crippen LogP contribution in [0.2, 0.25) is 0 Å². The fourth-order valence-corrected chi connectivity index (χ4v) is 0.436. The molecule has 0 radical (unpaired) electrons. The van der Waals surface area contributed by atoms with E-state index in [1.165, 1.54) is 0 Å². The second-order valence-corrected chi connectivity index (χ2v) is 3.90. The first-order valence-electron chi connectivity index (χ1n) is 4.18. The van der Waals surface area contributed by atoms with Gasteiger partial charge in [0.25, 0.3) is 0 Å². The Kier molecular flexibility index (Phi) is 3.85.